The van der Waals surface area contributed by atoms with Gasteiger partial charge in [0, 0.05) is 5.56 Å². The van der Waals surface area contributed by atoms with Crippen LogP contribution in [-0.4, -0.2) is 26.5 Å². The first-order valence-electron chi connectivity index (χ1n) is 4.83. The number of H-pyrrole nitrogens is 1. The van der Waals surface area contributed by atoms with Crippen LogP contribution >= 0.6 is 23.2 Å². The number of nitrogen functional groups attached to an aromatic ring is 1. The van der Waals surface area contributed by atoms with Gasteiger partial charge in [-0.15, -0.1) is 10.2 Å². The SMILES string of the molecule is Nc1c(Cl)cc(C(=O)NCc2nn[nH]n2)cc1Cl. The normalized spacial score (nSPS) is 10.3. The van der Waals surface area contributed by atoms with Crippen molar-refractivity contribution < 1.29 is 4.79 Å². The number of amides is 1. The summed E-state index contributed by atoms with van der Waals surface area (Å²) in [6, 6.07) is 2.88. The van der Waals surface area contributed by atoms with Gasteiger partial charge < -0.3 is 11.1 Å². The Morgan fingerprint density at radius 1 is 1.39 bits per heavy atom. The number of halogens is 2. The van der Waals surface area contributed by atoms with Crippen molar-refractivity contribution in [1.29, 1.82) is 0 Å². The van der Waals surface area contributed by atoms with E-state index in [0.717, 1.165) is 0 Å². The molecular formula is C9H8Cl2N6O. The van der Waals surface area contributed by atoms with Gasteiger partial charge in [-0.25, -0.2) is 0 Å². The summed E-state index contributed by atoms with van der Waals surface area (Å²) in [7, 11) is 0. The Hall–Kier alpha value is -1.86. The minimum Gasteiger partial charge on any atom is -0.396 e. The van der Waals surface area contributed by atoms with E-state index in [2.05, 4.69) is 25.9 Å². The Kier molecular flexibility index (Phi) is 3.63. The summed E-state index contributed by atoms with van der Waals surface area (Å²) >= 11 is 11.7. The maximum Gasteiger partial charge on any atom is 0.251 e. The molecule has 2 aromatic rings. The second-order valence-electron chi connectivity index (χ2n) is 3.36. The first-order valence-corrected chi connectivity index (χ1v) is 5.58. The molecule has 0 aliphatic carbocycles. The number of benzene rings is 1. The monoisotopic (exact) mass is 286 g/mol. The van der Waals surface area contributed by atoms with Gasteiger partial charge >= 0.3 is 0 Å². The first kappa shape index (κ1) is 12.6. The molecule has 0 saturated heterocycles. The summed E-state index contributed by atoms with van der Waals surface area (Å²) in [5.41, 5.74) is 6.13. The van der Waals surface area contributed by atoms with Crippen LogP contribution in [0, 0.1) is 0 Å². The van der Waals surface area contributed by atoms with Gasteiger partial charge in [-0.2, -0.15) is 5.21 Å². The predicted molar refractivity (Wildman–Crippen MR) is 66.2 cm³/mol. The number of aromatic amines is 1. The zero-order chi connectivity index (χ0) is 13.1. The van der Waals surface area contributed by atoms with Crippen molar-refractivity contribution in [2.45, 2.75) is 6.54 Å². The Morgan fingerprint density at radius 3 is 2.61 bits per heavy atom. The van der Waals surface area contributed by atoms with Crippen molar-refractivity contribution in [1.82, 2.24) is 25.9 Å². The maximum absolute atomic E-state index is 11.8. The fourth-order valence-electron chi connectivity index (χ4n) is 1.23. The molecule has 1 heterocycles. The largest absolute Gasteiger partial charge is 0.396 e. The fraction of sp³-hybridized carbons (Fsp3) is 0.111. The molecule has 0 fully saturated rings. The number of hydrogen-bond donors (Lipinski definition) is 3. The minimum atomic E-state index is -0.358. The quantitative estimate of drug-likeness (QED) is 0.730. The van der Waals surface area contributed by atoms with E-state index in [0.29, 0.717) is 11.4 Å². The summed E-state index contributed by atoms with van der Waals surface area (Å²) in [5.74, 6) is 0.0135. The number of anilines is 1. The number of nitrogens with zero attached hydrogens (tertiary/aromatic N) is 3. The molecule has 2 rings (SSSR count). The lowest BCUT2D eigenvalue weighted by molar-refractivity contribution is 0.0950. The Morgan fingerprint density at radius 2 is 2.06 bits per heavy atom. The lowest BCUT2D eigenvalue weighted by atomic mass is 10.2. The average molecular weight is 287 g/mol. The van der Waals surface area contributed by atoms with E-state index in [9.17, 15) is 4.79 Å². The molecule has 1 aromatic heterocycles. The van der Waals surface area contributed by atoms with Crippen LogP contribution in [0.4, 0.5) is 5.69 Å². The molecule has 18 heavy (non-hydrogen) atoms. The predicted octanol–water partition coefficient (Wildman–Crippen LogP) is 1.02. The molecule has 0 saturated carbocycles. The lowest BCUT2D eigenvalue weighted by Gasteiger charge is -2.06. The van der Waals surface area contributed by atoms with Gasteiger partial charge in [-0.3, -0.25) is 4.79 Å². The molecule has 0 atom stereocenters. The van der Waals surface area contributed by atoms with Gasteiger partial charge in [-0.1, -0.05) is 28.4 Å². The average Bonchev–Trinajstić information content (AvgIpc) is 2.85. The minimum absolute atomic E-state index is 0.148. The van der Waals surface area contributed by atoms with E-state index in [-0.39, 0.29) is 28.2 Å². The summed E-state index contributed by atoms with van der Waals surface area (Å²) in [6.07, 6.45) is 0. The molecule has 0 aliphatic heterocycles. The topological polar surface area (TPSA) is 110 Å². The molecule has 4 N–H and O–H groups in total. The third kappa shape index (κ3) is 2.69. The summed E-state index contributed by atoms with van der Waals surface area (Å²) in [4.78, 5) is 11.8. The van der Waals surface area contributed by atoms with Crippen LogP contribution in [0.25, 0.3) is 0 Å². The number of rotatable bonds is 3. The molecule has 0 spiro atoms. The van der Waals surface area contributed by atoms with E-state index < -0.39 is 0 Å². The standard InChI is InChI=1S/C9H8Cl2N6O/c10-5-1-4(2-6(11)8(5)12)9(18)13-3-7-14-16-17-15-7/h1-2H,3,12H2,(H,13,18)(H,14,15,16,17). The number of nitrogens with two attached hydrogens (primary N) is 1. The van der Waals surface area contributed by atoms with E-state index >= 15 is 0 Å². The Bertz CT molecular complexity index is 547. The third-order valence-electron chi connectivity index (χ3n) is 2.14. The van der Waals surface area contributed by atoms with Gasteiger partial charge in [0.2, 0.25) is 0 Å². The molecule has 94 valence electrons. The maximum atomic E-state index is 11.8. The molecule has 0 radical (unpaired) electrons. The Balaban J connectivity index is 2.09. The van der Waals surface area contributed by atoms with Crippen molar-refractivity contribution in [3.8, 4) is 0 Å². The van der Waals surface area contributed by atoms with Crippen LogP contribution in [0.2, 0.25) is 10.0 Å². The second kappa shape index (κ2) is 5.19. The van der Waals surface area contributed by atoms with Crippen LogP contribution in [-0.2, 0) is 6.54 Å². The van der Waals surface area contributed by atoms with Crippen molar-refractivity contribution in [3.05, 3.63) is 33.6 Å². The highest BCUT2D eigenvalue weighted by molar-refractivity contribution is 6.39. The van der Waals surface area contributed by atoms with Gasteiger partial charge in [0.1, 0.15) is 0 Å². The molecule has 9 heteroatoms. The molecule has 1 aromatic carbocycles. The summed E-state index contributed by atoms with van der Waals surface area (Å²) in [6.45, 7) is 0.148. The Labute approximate surface area is 112 Å². The zero-order valence-electron chi connectivity index (χ0n) is 8.94. The second-order valence-corrected chi connectivity index (χ2v) is 4.18. The van der Waals surface area contributed by atoms with Gasteiger partial charge in [0.15, 0.2) is 5.82 Å². The zero-order valence-corrected chi connectivity index (χ0v) is 10.5. The van der Waals surface area contributed by atoms with Crippen LogP contribution in [0.5, 0.6) is 0 Å². The van der Waals surface area contributed by atoms with Gasteiger partial charge in [-0.05, 0) is 12.1 Å². The van der Waals surface area contributed by atoms with Gasteiger partial charge in [0.25, 0.3) is 5.91 Å². The van der Waals surface area contributed by atoms with Crippen LogP contribution in [0.1, 0.15) is 16.2 Å². The van der Waals surface area contributed by atoms with E-state index in [1.165, 1.54) is 12.1 Å². The van der Waals surface area contributed by atoms with E-state index in [1.807, 2.05) is 0 Å². The van der Waals surface area contributed by atoms with Crippen LogP contribution in [0.3, 0.4) is 0 Å². The lowest BCUT2D eigenvalue weighted by Crippen LogP contribution is -2.23. The van der Waals surface area contributed by atoms with Crippen molar-refractivity contribution in [3.63, 3.8) is 0 Å². The van der Waals surface area contributed by atoms with Crippen LogP contribution < -0.4 is 11.1 Å². The van der Waals surface area contributed by atoms with Crippen molar-refractivity contribution >= 4 is 34.8 Å². The summed E-state index contributed by atoms with van der Waals surface area (Å²) in [5, 5.41) is 16.1. The number of carbonyl (C=O) groups excluding carboxylic acids is 1. The van der Waals surface area contributed by atoms with Crippen molar-refractivity contribution in [2.75, 3.05) is 5.73 Å². The molecule has 1 amide bonds. The highest BCUT2D eigenvalue weighted by Gasteiger charge is 2.11. The smallest absolute Gasteiger partial charge is 0.251 e. The molecule has 0 unspecified atom stereocenters. The number of carbonyl (C=O) groups is 1. The van der Waals surface area contributed by atoms with Gasteiger partial charge in [0.05, 0.1) is 22.3 Å². The highest BCUT2D eigenvalue weighted by Crippen LogP contribution is 2.28. The molecule has 7 nitrogen and oxygen atoms in total. The number of aromatic nitrogens is 4. The highest BCUT2D eigenvalue weighted by atomic mass is 35.5. The van der Waals surface area contributed by atoms with Crippen LogP contribution in [0.15, 0.2) is 12.1 Å². The molecular weight excluding hydrogens is 279 g/mol. The first-order chi connectivity index (χ1) is 8.58. The van der Waals surface area contributed by atoms with Crippen molar-refractivity contribution in [2.24, 2.45) is 0 Å². The number of nitrogens with one attached hydrogen (secondary N) is 2. The van der Waals surface area contributed by atoms with E-state index in [1.54, 1.807) is 0 Å². The number of tetrazole rings is 1. The third-order valence-corrected chi connectivity index (χ3v) is 2.76. The fourth-order valence-corrected chi connectivity index (χ4v) is 1.72. The molecule has 0 bridgehead atoms. The number of hydrogen-bond acceptors (Lipinski definition) is 5. The summed E-state index contributed by atoms with van der Waals surface area (Å²) < 4.78 is 0. The van der Waals surface area contributed by atoms with E-state index in [4.69, 9.17) is 28.9 Å². The molecule has 0 aliphatic rings.